The van der Waals surface area contributed by atoms with Gasteiger partial charge in [0, 0.05) is 20.2 Å². The van der Waals surface area contributed by atoms with E-state index in [-0.39, 0.29) is 0 Å². The molecule has 5 aromatic carbocycles. The van der Waals surface area contributed by atoms with Crippen LogP contribution in [-0.2, 0) is 0 Å². The molecule has 0 saturated heterocycles. The Morgan fingerprint density at radius 3 is 2.15 bits per heavy atom. The fourth-order valence-corrected chi connectivity index (χ4v) is 12.4. The highest BCUT2D eigenvalue weighted by molar-refractivity contribution is 7.26. The molecule has 0 nitrogen and oxygen atoms in total. The Morgan fingerprint density at radius 2 is 1.27 bits per heavy atom. The van der Waals surface area contributed by atoms with E-state index < -0.39 is 8.07 Å². The van der Waals surface area contributed by atoms with Crippen LogP contribution in [0, 0.1) is 6.92 Å². The highest BCUT2D eigenvalue weighted by Gasteiger charge is 2.48. The lowest BCUT2D eigenvalue weighted by molar-refractivity contribution is 1.49. The van der Waals surface area contributed by atoms with Crippen molar-refractivity contribution in [1.29, 1.82) is 0 Å². The molecule has 1 aromatic heterocycles. The first kappa shape index (κ1) is 19.0. The second-order valence-corrected chi connectivity index (χ2v) is 13.8. The Morgan fingerprint density at radius 1 is 0.515 bits per heavy atom. The summed E-state index contributed by atoms with van der Waals surface area (Å²) >= 11 is 1.92. The SMILES string of the molecule is Cc1cccc([Si]2(c3ccccc3)c3ccccc3-c3cc4c(cc32)sc2ccccc24)c1. The van der Waals surface area contributed by atoms with Gasteiger partial charge in [0.05, 0.1) is 0 Å². The van der Waals surface area contributed by atoms with Crippen LogP contribution in [-0.4, -0.2) is 8.07 Å². The van der Waals surface area contributed by atoms with E-state index in [9.17, 15) is 0 Å². The molecule has 7 rings (SSSR count). The molecule has 0 amide bonds. The van der Waals surface area contributed by atoms with E-state index in [1.165, 1.54) is 57.6 Å². The molecule has 0 N–H and O–H groups in total. The van der Waals surface area contributed by atoms with Gasteiger partial charge in [0.25, 0.3) is 0 Å². The van der Waals surface area contributed by atoms with E-state index >= 15 is 0 Å². The fourth-order valence-electron chi connectivity index (χ4n) is 5.85. The van der Waals surface area contributed by atoms with Crippen LogP contribution in [0.1, 0.15) is 5.56 Å². The number of fused-ring (bicyclic) bond motifs is 6. The van der Waals surface area contributed by atoms with Crippen LogP contribution in [0.4, 0.5) is 0 Å². The zero-order valence-corrected chi connectivity index (χ0v) is 20.2. The molecule has 1 aliphatic rings. The van der Waals surface area contributed by atoms with Gasteiger partial charge in [0.1, 0.15) is 0 Å². The summed E-state index contributed by atoms with van der Waals surface area (Å²) in [5.41, 5.74) is 4.14. The molecule has 0 fully saturated rings. The highest BCUT2D eigenvalue weighted by Crippen LogP contribution is 2.38. The van der Waals surface area contributed by atoms with E-state index in [0.717, 1.165) is 0 Å². The van der Waals surface area contributed by atoms with Gasteiger partial charge in [-0.2, -0.15) is 0 Å². The van der Waals surface area contributed by atoms with Gasteiger partial charge in [-0.05, 0) is 57.0 Å². The Hall–Kier alpha value is -3.46. The van der Waals surface area contributed by atoms with Gasteiger partial charge in [-0.1, -0.05) is 103 Å². The molecular weight excluding hydrogens is 432 g/mol. The van der Waals surface area contributed by atoms with Crippen LogP contribution in [0.15, 0.2) is 115 Å². The average Bonchev–Trinajstić information content (AvgIpc) is 3.36. The van der Waals surface area contributed by atoms with Crippen molar-refractivity contribution in [3.8, 4) is 11.1 Å². The molecule has 1 atom stereocenters. The van der Waals surface area contributed by atoms with Crippen molar-refractivity contribution in [2.45, 2.75) is 6.92 Å². The van der Waals surface area contributed by atoms with Crippen LogP contribution < -0.4 is 20.7 Å². The lowest BCUT2D eigenvalue weighted by atomic mass is 10.0. The zero-order chi connectivity index (χ0) is 22.0. The Bertz CT molecular complexity index is 1680. The molecule has 0 bridgehead atoms. The summed E-state index contributed by atoms with van der Waals surface area (Å²) in [4.78, 5) is 0. The summed E-state index contributed by atoms with van der Waals surface area (Å²) in [6.45, 7) is 2.22. The zero-order valence-electron chi connectivity index (χ0n) is 18.4. The first-order valence-electron chi connectivity index (χ1n) is 11.4. The molecule has 33 heavy (non-hydrogen) atoms. The number of hydrogen-bond acceptors (Lipinski definition) is 1. The summed E-state index contributed by atoms with van der Waals surface area (Å²) in [7, 11) is -2.42. The maximum atomic E-state index is 2.54. The number of thiophene rings is 1. The van der Waals surface area contributed by atoms with E-state index in [2.05, 4.69) is 122 Å². The van der Waals surface area contributed by atoms with Crippen LogP contribution in [0.25, 0.3) is 31.3 Å². The van der Waals surface area contributed by atoms with Crippen molar-refractivity contribution in [3.05, 3.63) is 121 Å². The summed E-state index contributed by atoms with van der Waals surface area (Å²) in [5, 5.41) is 8.72. The van der Waals surface area contributed by atoms with Gasteiger partial charge in [-0.15, -0.1) is 11.3 Å². The maximum Gasteiger partial charge on any atom is 0.180 e. The monoisotopic (exact) mass is 454 g/mol. The van der Waals surface area contributed by atoms with Gasteiger partial charge in [-0.25, -0.2) is 0 Å². The molecule has 0 saturated carbocycles. The molecule has 2 heterocycles. The van der Waals surface area contributed by atoms with Gasteiger partial charge in [-0.3, -0.25) is 0 Å². The second kappa shape index (κ2) is 7.02. The topological polar surface area (TPSA) is 0 Å². The number of rotatable bonds is 2. The Balaban J connectivity index is 1.69. The molecule has 2 heteroatoms. The summed E-state index contributed by atoms with van der Waals surface area (Å²) in [5.74, 6) is 0. The van der Waals surface area contributed by atoms with Gasteiger partial charge >= 0.3 is 0 Å². The minimum atomic E-state index is -2.42. The molecule has 0 aliphatic carbocycles. The minimum Gasteiger partial charge on any atom is -0.135 e. The van der Waals surface area contributed by atoms with Crippen molar-refractivity contribution in [2.75, 3.05) is 0 Å². The van der Waals surface area contributed by atoms with Gasteiger partial charge in [0.15, 0.2) is 8.07 Å². The first-order chi connectivity index (χ1) is 16.3. The van der Waals surface area contributed by atoms with Crippen molar-refractivity contribution in [1.82, 2.24) is 0 Å². The second-order valence-electron chi connectivity index (χ2n) is 9.02. The summed E-state index contributed by atoms with van der Waals surface area (Å²) in [6.07, 6.45) is 0. The van der Waals surface area contributed by atoms with Crippen LogP contribution in [0.2, 0.25) is 0 Å². The molecular formula is C31H22SSi. The van der Waals surface area contributed by atoms with Crippen molar-refractivity contribution in [2.24, 2.45) is 0 Å². The molecule has 1 unspecified atom stereocenters. The van der Waals surface area contributed by atoms with Crippen LogP contribution in [0.5, 0.6) is 0 Å². The van der Waals surface area contributed by atoms with Crippen molar-refractivity contribution >= 4 is 60.3 Å². The smallest absolute Gasteiger partial charge is 0.135 e. The maximum absolute atomic E-state index is 2.54. The number of hydrogen-bond donors (Lipinski definition) is 0. The normalized spacial score (nSPS) is 16.8. The third kappa shape index (κ3) is 2.56. The summed E-state index contributed by atoms with van der Waals surface area (Å²) in [6, 6.07) is 43.5. The first-order valence-corrected chi connectivity index (χ1v) is 14.3. The third-order valence-corrected chi connectivity index (χ3v) is 13.2. The Kier molecular flexibility index (Phi) is 4.05. The summed E-state index contributed by atoms with van der Waals surface area (Å²) < 4.78 is 2.76. The van der Waals surface area contributed by atoms with Crippen molar-refractivity contribution in [3.63, 3.8) is 0 Å². The molecule has 6 aromatic rings. The number of aryl methyl sites for hydroxylation is 1. The highest BCUT2D eigenvalue weighted by atomic mass is 32.1. The largest absolute Gasteiger partial charge is 0.180 e. The van der Waals surface area contributed by atoms with Crippen LogP contribution in [0.3, 0.4) is 0 Å². The predicted octanol–water partition coefficient (Wildman–Crippen LogP) is 5.72. The lowest BCUT2D eigenvalue weighted by Gasteiger charge is -2.31. The van der Waals surface area contributed by atoms with Gasteiger partial charge in [0.2, 0.25) is 0 Å². The third-order valence-electron chi connectivity index (χ3n) is 7.20. The minimum absolute atomic E-state index is 1.32. The van der Waals surface area contributed by atoms with Gasteiger partial charge < -0.3 is 0 Å². The van der Waals surface area contributed by atoms with E-state index in [1.807, 2.05) is 11.3 Å². The number of benzene rings is 5. The van der Waals surface area contributed by atoms with E-state index in [1.54, 1.807) is 0 Å². The lowest BCUT2D eigenvalue weighted by Crippen LogP contribution is -2.72. The predicted molar refractivity (Wildman–Crippen MR) is 147 cm³/mol. The molecule has 0 radical (unpaired) electrons. The van der Waals surface area contributed by atoms with Crippen molar-refractivity contribution < 1.29 is 0 Å². The van der Waals surface area contributed by atoms with E-state index in [0.29, 0.717) is 0 Å². The quantitative estimate of drug-likeness (QED) is 0.293. The van der Waals surface area contributed by atoms with Crippen LogP contribution >= 0.6 is 11.3 Å². The standard InChI is InChI=1S/C31H22SSi/c1-21-10-9-13-23(18-21)33(22-11-3-2-4-12-22)30-17-8-6-15-25(30)27-19-26-24-14-5-7-16-28(24)32-29(26)20-31(27)33/h2-20H,1H3. The van der Waals surface area contributed by atoms with E-state index in [4.69, 9.17) is 0 Å². The average molecular weight is 455 g/mol. The molecule has 1 aliphatic heterocycles. The molecule has 0 spiro atoms. The fraction of sp³-hybridized carbons (Fsp3) is 0.0323. The molecule has 156 valence electrons. The Labute approximate surface area is 198 Å².